The third-order valence-electron chi connectivity index (χ3n) is 3.26. The Bertz CT molecular complexity index is 851. The predicted molar refractivity (Wildman–Crippen MR) is 87.0 cm³/mol. The van der Waals surface area contributed by atoms with E-state index in [0.717, 1.165) is 12.8 Å². The number of hydrogen-bond acceptors (Lipinski definition) is 4. The van der Waals surface area contributed by atoms with Crippen molar-refractivity contribution in [1.82, 2.24) is 9.71 Å². The van der Waals surface area contributed by atoms with E-state index in [4.69, 9.17) is 11.6 Å². The average Bonchev–Trinajstić information content (AvgIpc) is 3.31. The molecule has 0 atom stereocenters. The Kier molecular flexibility index (Phi) is 4.34. The van der Waals surface area contributed by atoms with Gasteiger partial charge in [-0.05, 0) is 43.2 Å². The van der Waals surface area contributed by atoms with Crippen LogP contribution in [-0.2, 0) is 10.0 Å². The fourth-order valence-corrected chi connectivity index (χ4v) is 3.46. The molecule has 0 spiro atoms. The van der Waals surface area contributed by atoms with Gasteiger partial charge in [0.2, 0.25) is 10.0 Å². The zero-order valence-electron chi connectivity index (χ0n) is 12.0. The van der Waals surface area contributed by atoms with Gasteiger partial charge in [-0.2, -0.15) is 0 Å². The monoisotopic (exact) mass is 351 g/mol. The summed E-state index contributed by atoms with van der Waals surface area (Å²) in [5, 5.41) is 3.01. The molecular weight excluding hydrogens is 338 g/mol. The number of carbonyl (C=O) groups is 1. The molecule has 6 nitrogen and oxygen atoms in total. The number of benzene rings is 1. The number of rotatable bonds is 5. The van der Waals surface area contributed by atoms with Crippen molar-refractivity contribution in [3.8, 4) is 0 Å². The highest BCUT2D eigenvalue weighted by Crippen LogP contribution is 2.23. The van der Waals surface area contributed by atoms with E-state index in [1.807, 2.05) is 0 Å². The fourth-order valence-electron chi connectivity index (χ4n) is 1.95. The molecule has 1 amide bonds. The largest absolute Gasteiger partial charge is 0.321 e. The van der Waals surface area contributed by atoms with E-state index in [1.165, 1.54) is 24.4 Å². The van der Waals surface area contributed by atoms with Gasteiger partial charge in [-0.3, -0.25) is 9.78 Å². The summed E-state index contributed by atoms with van der Waals surface area (Å²) in [5.41, 5.74) is 0.525. The number of halogens is 1. The molecule has 1 aromatic heterocycles. The van der Waals surface area contributed by atoms with Gasteiger partial charge in [-0.1, -0.05) is 17.7 Å². The zero-order chi connectivity index (χ0) is 16.4. The molecule has 2 N–H and O–H groups in total. The van der Waals surface area contributed by atoms with E-state index in [0.29, 0.717) is 10.7 Å². The molecule has 2 aromatic rings. The number of aromatic nitrogens is 1. The van der Waals surface area contributed by atoms with Gasteiger partial charge >= 0.3 is 0 Å². The fraction of sp³-hybridized carbons (Fsp3) is 0.200. The second-order valence-electron chi connectivity index (χ2n) is 5.24. The molecule has 1 fully saturated rings. The molecule has 1 aliphatic rings. The quantitative estimate of drug-likeness (QED) is 0.865. The van der Waals surface area contributed by atoms with Crippen LogP contribution in [0.1, 0.15) is 23.3 Å². The van der Waals surface area contributed by atoms with Gasteiger partial charge in [0.25, 0.3) is 5.91 Å². The number of nitrogens with zero attached hydrogens (tertiary/aromatic N) is 1. The maximum Gasteiger partial charge on any atom is 0.274 e. The normalized spacial score (nSPS) is 14.5. The number of amides is 1. The topological polar surface area (TPSA) is 88.2 Å². The van der Waals surface area contributed by atoms with Crippen LogP contribution in [-0.4, -0.2) is 25.4 Å². The minimum atomic E-state index is -3.56. The minimum absolute atomic E-state index is 0.0221. The van der Waals surface area contributed by atoms with E-state index >= 15 is 0 Å². The average molecular weight is 352 g/mol. The standard InChI is InChI=1S/C15H14ClN3O3S/c16-10-6-7-17-14(8-10)15(20)18-12-2-1-3-13(9-12)23(21,22)19-11-4-5-11/h1-3,6-9,11,19H,4-5H2,(H,18,20). The van der Waals surface area contributed by atoms with Crippen LogP contribution in [0.25, 0.3) is 0 Å². The maximum atomic E-state index is 12.2. The van der Waals surface area contributed by atoms with E-state index < -0.39 is 15.9 Å². The molecule has 1 heterocycles. The van der Waals surface area contributed by atoms with Gasteiger partial charge < -0.3 is 5.32 Å². The lowest BCUT2D eigenvalue weighted by atomic mass is 10.3. The van der Waals surface area contributed by atoms with Crippen molar-refractivity contribution >= 4 is 33.2 Å². The van der Waals surface area contributed by atoms with Gasteiger partial charge in [-0.15, -0.1) is 0 Å². The summed E-state index contributed by atoms with van der Waals surface area (Å²) >= 11 is 5.82. The highest BCUT2D eigenvalue weighted by molar-refractivity contribution is 7.89. The number of pyridine rings is 1. The molecule has 120 valence electrons. The molecule has 8 heteroatoms. The molecule has 1 aliphatic carbocycles. The first-order valence-electron chi connectivity index (χ1n) is 6.99. The van der Waals surface area contributed by atoms with Gasteiger partial charge in [0.1, 0.15) is 5.69 Å². The number of nitrogens with one attached hydrogen (secondary N) is 2. The molecule has 0 bridgehead atoms. The molecule has 0 aliphatic heterocycles. The molecule has 0 radical (unpaired) electrons. The first kappa shape index (κ1) is 15.9. The van der Waals surface area contributed by atoms with Crippen LogP contribution >= 0.6 is 11.6 Å². The summed E-state index contributed by atoms with van der Waals surface area (Å²) in [6, 6.07) is 9.10. The van der Waals surface area contributed by atoms with E-state index in [2.05, 4.69) is 15.0 Å². The predicted octanol–water partition coefficient (Wildman–Crippen LogP) is 2.43. The Morgan fingerprint density at radius 3 is 2.70 bits per heavy atom. The van der Waals surface area contributed by atoms with Crippen LogP contribution in [0.3, 0.4) is 0 Å². The number of anilines is 1. The Morgan fingerprint density at radius 2 is 2.00 bits per heavy atom. The van der Waals surface area contributed by atoms with Crippen LogP contribution in [0.15, 0.2) is 47.5 Å². The molecule has 3 rings (SSSR count). The van der Waals surface area contributed by atoms with Crippen molar-refractivity contribution in [2.24, 2.45) is 0 Å². The van der Waals surface area contributed by atoms with E-state index in [9.17, 15) is 13.2 Å². The summed E-state index contributed by atoms with van der Waals surface area (Å²) in [6.45, 7) is 0. The second kappa shape index (κ2) is 6.27. The van der Waals surface area contributed by atoms with Gasteiger partial charge in [0.05, 0.1) is 4.90 Å². The maximum absolute atomic E-state index is 12.2. The third-order valence-corrected chi connectivity index (χ3v) is 5.01. The van der Waals surface area contributed by atoms with Crippen molar-refractivity contribution in [1.29, 1.82) is 0 Å². The van der Waals surface area contributed by atoms with E-state index in [1.54, 1.807) is 18.2 Å². The second-order valence-corrected chi connectivity index (χ2v) is 7.39. The van der Waals surface area contributed by atoms with Crippen molar-refractivity contribution < 1.29 is 13.2 Å². The van der Waals surface area contributed by atoms with Crippen molar-refractivity contribution in [3.05, 3.63) is 53.3 Å². The number of sulfonamides is 1. The first-order valence-corrected chi connectivity index (χ1v) is 8.85. The molecule has 1 aromatic carbocycles. The Hall–Kier alpha value is -1.96. The SMILES string of the molecule is O=C(Nc1cccc(S(=O)(=O)NC2CC2)c1)c1cc(Cl)ccn1. The lowest BCUT2D eigenvalue weighted by Gasteiger charge is -2.09. The number of carbonyl (C=O) groups excluding carboxylic acids is 1. The van der Waals surface area contributed by atoms with Gasteiger partial charge in [-0.25, -0.2) is 13.1 Å². The summed E-state index contributed by atoms with van der Waals surface area (Å²) < 4.78 is 27.0. The zero-order valence-corrected chi connectivity index (χ0v) is 13.6. The number of hydrogen-bond donors (Lipinski definition) is 2. The molecule has 1 saturated carbocycles. The van der Waals surface area contributed by atoms with Crippen molar-refractivity contribution in [2.75, 3.05) is 5.32 Å². The molecule has 0 saturated heterocycles. The van der Waals surface area contributed by atoms with Crippen LogP contribution in [0.2, 0.25) is 5.02 Å². The van der Waals surface area contributed by atoms with E-state index in [-0.39, 0.29) is 16.6 Å². The third kappa shape index (κ3) is 4.07. The summed E-state index contributed by atoms with van der Waals surface area (Å²) in [7, 11) is -3.56. The summed E-state index contributed by atoms with van der Waals surface area (Å²) in [5.74, 6) is -0.461. The summed E-state index contributed by atoms with van der Waals surface area (Å²) in [6.07, 6.45) is 3.14. The summed E-state index contributed by atoms with van der Waals surface area (Å²) in [4.78, 5) is 16.2. The van der Waals surface area contributed by atoms with Crippen LogP contribution in [0.5, 0.6) is 0 Å². The highest BCUT2D eigenvalue weighted by atomic mass is 35.5. The lowest BCUT2D eigenvalue weighted by molar-refractivity contribution is 0.102. The van der Waals surface area contributed by atoms with Crippen molar-refractivity contribution in [2.45, 2.75) is 23.8 Å². The van der Waals surface area contributed by atoms with Gasteiger partial charge in [0, 0.05) is 22.9 Å². The Morgan fingerprint density at radius 1 is 1.22 bits per heavy atom. The van der Waals surface area contributed by atoms with Crippen LogP contribution in [0.4, 0.5) is 5.69 Å². The van der Waals surface area contributed by atoms with Gasteiger partial charge in [0.15, 0.2) is 0 Å². The van der Waals surface area contributed by atoms with Crippen molar-refractivity contribution in [3.63, 3.8) is 0 Å². The molecule has 0 unspecified atom stereocenters. The smallest absolute Gasteiger partial charge is 0.274 e. The Labute approximate surface area is 138 Å². The lowest BCUT2D eigenvalue weighted by Crippen LogP contribution is -2.25. The minimum Gasteiger partial charge on any atom is -0.321 e. The highest BCUT2D eigenvalue weighted by Gasteiger charge is 2.28. The van der Waals surface area contributed by atoms with Crippen LogP contribution < -0.4 is 10.0 Å². The Balaban J connectivity index is 1.78. The van der Waals surface area contributed by atoms with Crippen LogP contribution in [0, 0.1) is 0 Å². The molecule has 23 heavy (non-hydrogen) atoms. The first-order chi connectivity index (χ1) is 10.9. The molecular formula is C15H14ClN3O3S.